The molecule has 1 heterocycles. The van der Waals surface area contributed by atoms with Gasteiger partial charge in [0.05, 0.1) is 16.7 Å². The number of oxime groups is 1. The lowest BCUT2D eigenvalue weighted by atomic mass is 10.1. The largest absolute Gasteiger partial charge is 0.417 e. The van der Waals surface area contributed by atoms with Crippen LogP contribution in [-0.2, 0) is 13.2 Å². The molecule has 0 aliphatic rings. The van der Waals surface area contributed by atoms with Crippen LogP contribution in [0.2, 0.25) is 0 Å². The topological polar surface area (TPSA) is 76.4 Å². The molecule has 2 rings (SSSR count). The summed E-state index contributed by atoms with van der Waals surface area (Å²) in [5.41, 5.74) is 3.96. The molecule has 0 unspecified atom stereocenters. The quantitative estimate of drug-likeness (QED) is 0.395. The van der Waals surface area contributed by atoms with Gasteiger partial charge in [0.1, 0.15) is 0 Å². The predicted molar refractivity (Wildman–Crippen MR) is 71.3 cm³/mol. The summed E-state index contributed by atoms with van der Waals surface area (Å²) >= 11 is 1.14. The second-order valence-electron chi connectivity index (χ2n) is 4.14. The first-order valence-corrected chi connectivity index (χ1v) is 6.48. The number of halogens is 3. The monoisotopic (exact) mass is 316 g/mol. The van der Waals surface area contributed by atoms with E-state index in [0.29, 0.717) is 9.79 Å². The summed E-state index contributed by atoms with van der Waals surface area (Å²) in [4.78, 5) is 1.09. The standard InChI is InChI=1S/C12H11F3N4OS/c1-19-6-8(5-17-19)21-7-2-3-9(11(16)18-20)10(4-7)12(13,14)15/h2-6,20H,1H3,(H2,16,18). The molecule has 0 aliphatic heterocycles. The van der Waals surface area contributed by atoms with Gasteiger partial charge in [-0.1, -0.05) is 16.9 Å². The Bertz CT molecular complexity index is 681. The van der Waals surface area contributed by atoms with Gasteiger partial charge in [-0.3, -0.25) is 4.68 Å². The molecule has 5 nitrogen and oxygen atoms in total. The third-order valence-corrected chi connectivity index (χ3v) is 3.53. The number of benzene rings is 1. The van der Waals surface area contributed by atoms with Crippen LogP contribution in [0.25, 0.3) is 0 Å². The van der Waals surface area contributed by atoms with Gasteiger partial charge in [0, 0.05) is 23.7 Å². The minimum Gasteiger partial charge on any atom is -0.409 e. The van der Waals surface area contributed by atoms with E-state index in [1.165, 1.54) is 12.1 Å². The van der Waals surface area contributed by atoms with Gasteiger partial charge < -0.3 is 10.9 Å². The van der Waals surface area contributed by atoms with Crippen LogP contribution in [0.15, 0.2) is 45.5 Å². The molecule has 1 aromatic heterocycles. The van der Waals surface area contributed by atoms with Crippen LogP contribution in [0, 0.1) is 0 Å². The van der Waals surface area contributed by atoms with Gasteiger partial charge in [-0.25, -0.2) is 0 Å². The van der Waals surface area contributed by atoms with E-state index in [-0.39, 0.29) is 5.56 Å². The van der Waals surface area contributed by atoms with Crippen LogP contribution in [-0.4, -0.2) is 20.8 Å². The first-order valence-electron chi connectivity index (χ1n) is 5.67. The van der Waals surface area contributed by atoms with Crippen molar-refractivity contribution < 1.29 is 18.4 Å². The average molecular weight is 316 g/mol. The van der Waals surface area contributed by atoms with Crippen molar-refractivity contribution in [2.24, 2.45) is 17.9 Å². The lowest BCUT2D eigenvalue weighted by Crippen LogP contribution is -2.20. The minimum atomic E-state index is -4.60. The van der Waals surface area contributed by atoms with E-state index in [0.717, 1.165) is 17.8 Å². The Morgan fingerprint density at radius 2 is 2.10 bits per heavy atom. The highest BCUT2D eigenvalue weighted by molar-refractivity contribution is 7.99. The Hall–Kier alpha value is -2.16. The smallest absolute Gasteiger partial charge is 0.409 e. The molecule has 0 aliphatic carbocycles. The molecule has 0 atom stereocenters. The van der Waals surface area contributed by atoms with Crippen molar-refractivity contribution in [2.75, 3.05) is 0 Å². The van der Waals surface area contributed by atoms with E-state index in [2.05, 4.69) is 10.3 Å². The van der Waals surface area contributed by atoms with Crippen LogP contribution < -0.4 is 5.73 Å². The van der Waals surface area contributed by atoms with E-state index in [4.69, 9.17) is 10.9 Å². The van der Waals surface area contributed by atoms with Crippen molar-refractivity contribution in [1.82, 2.24) is 9.78 Å². The average Bonchev–Trinajstić information content (AvgIpc) is 2.82. The van der Waals surface area contributed by atoms with Crippen molar-refractivity contribution >= 4 is 17.6 Å². The summed E-state index contributed by atoms with van der Waals surface area (Å²) in [5.74, 6) is -0.583. The van der Waals surface area contributed by atoms with Gasteiger partial charge in [-0.15, -0.1) is 0 Å². The number of nitrogens with two attached hydrogens (primary N) is 1. The zero-order valence-electron chi connectivity index (χ0n) is 10.8. The Morgan fingerprint density at radius 3 is 2.62 bits per heavy atom. The number of hydrogen-bond donors (Lipinski definition) is 2. The maximum Gasteiger partial charge on any atom is 0.417 e. The van der Waals surface area contributed by atoms with Gasteiger partial charge in [0.15, 0.2) is 5.84 Å². The Kier molecular flexibility index (Phi) is 4.12. The zero-order chi connectivity index (χ0) is 15.6. The number of nitrogens with zero attached hydrogens (tertiary/aromatic N) is 3. The van der Waals surface area contributed by atoms with Crippen LogP contribution >= 0.6 is 11.8 Å². The predicted octanol–water partition coefficient (Wildman–Crippen LogP) is 2.68. The molecule has 1 aromatic carbocycles. The fourth-order valence-electron chi connectivity index (χ4n) is 1.69. The van der Waals surface area contributed by atoms with E-state index in [9.17, 15) is 13.2 Å². The molecule has 0 saturated heterocycles. The maximum absolute atomic E-state index is 13.1. The number of aryl methyl sites for hydroxylation is 1. The molecule has 0 fully saturated rings. The van der Waals surface area contributed by atoms with E-state index < -0.39 is 17.6 Å². The molecular formula is C12H11F3N4OS. The number of hydrogen-bond acceptors (Lipinski definition) is 4. The number of aromatic nitrogens is 2. The van der Waals surface area contributed by atoms with Crippen LogP contribution in [0.4, 0.5) is 13.2 Å². The highest BCUT2D eigenvalue weighted by atomic mass is 32.2. The van der Waals surface area contributed by atoms with E-state index in [1.54, 1.807) is 24.1 Å². The van der Waals surface area contributed by atoms with Crippen molar-refractivity contribution in [3.05, 3.63) is 41.7 Å². The normalized spacial score (nSPS) is 12.7. The highest BCUT2D eigenvalue weighted by Crippen LogP contribution is 2.36. The summed E-state index contributed by atoms with van der Waals surface area (Å²) in [6.45, 7) is 0. The molecule has 2 aromatic rings. The summed E-state index contributed by atoms with van der Waals surface area (Å²) in [6.07, 6.45) is -1.36. The first kappa shape index (κ1) is 15.2. The third kappa shape index (κ3) is 3.48. The maximum atomic E-state index is 13.1. The van der Waals surface area contributed by atoms with Crippen LogP contribution in [0.1, 0.15) is 11.1 Å². The lowest BCUT2D eigenvalue weighted by Gasteiger charge is -2.13. The molecule has 0 saturated carbocycles. The van der Waals surface area contributed by atoms with Crippen molar-refractivity contribution in [3.8, 4) is 0 Å². The summed E-state index contributed by atoms with van der Waals surface area (Å²) in [5, 5.41) is 15.1. The lowest BCUT2D eigenvalue weighted by molar-refractivity contribution is -0.137. The third-order valence-electron chi connectivity index (χ3n) is 2.60. The van der Waals surface area contributed by atoms with Gasteiger partial charge >= 0.3 is 6.18 Å². The Balaban J connectivity index is 2.42. The molecule has 112 valence electrons. The summed E-state index contributed by atoms with van der Waals surface area (Å²) in [7, 11) is 1.71. The second-order valence-corrected chi connectivity index (χ2v) is 5.29. The van der Waals surface area contributed by atoms with Crippen molar-refractivity contribution in [2.45, 2.75) is 16.0 Å². The van der Waals surface area contributed by atoms with Crippen LogP contribution in [0.3, 0.4) is 0 Å². The SMILES string of the molecule is Cn1cc(Sc2ccc(C(N)=NO)c(C(F)(F)F)c2)cn1. The molecule has 3 N–H and O–H groups in total. The molecule has 0 radical (unpaired) electrons. The number of amidine groups is 1. The Morgan fingerprint density at radius 1 is 1.38 bits per heavy atom. The van der Waals surface area contributed by atoms with Crippen molar-refractivity contribution in [3.63, 3.8) is 0 Å². The van der Waals surface area contributed by atoms with Gasteiger partial charge in [-0.2, -0.15) is 18.3 Å². The molecule has 0 spiro atoms. The molecular weight excluding hydrogens is 305 g/mol. The summed E-state index contributed by atoms with van der Waals surface area (Å²) < 4.78 is 40.7. The number of rotatable bonds is 3. The van der Waals surface area contributed by atoms with Gasteiger partial charge in [0.2, 0.25) is 0 Å². The zero-order valence-corrected chi connectivity index (χ0v) is 11.6. The van der Waals surface area contributed by atoms with E-state index in [1.807, 2.05) is 0 Å². The highest BCUT2D eigenvalue weighted by Gasteiger charge is 2.34. The van der Waals surface area contributed by atoms with Crippen molar-refractivity contribution in [1.29, 1.82) is 0 Å². The summed E-state index contributed by atoms with van der Waals surface area (Å²) in [6, 6.07) is 3.61. The number of alkyl halides is 3. The van der Waals surface area contributed by atoms with Gasteiger partial charge in [-0.05, 0) is 18.2 Å². The Labute approximate surface area is 122 Å². The fourth-order valence-corrected chi connectivity index (χ4v) is 2.58. The van der Waals surface area contributed by atoms with Crippen LogP contribution in [0.5, 0.6) is 0 Å². The first-order chi connectivity index (χ1) is 9.81. The molecule has 9 heteroatoms. The van der Waals surface area contributed by atoms with Gasteiger partial charge in [0.25, 0.3) is 0 Å². The second kappa shape index (κ2) is 5.68. The van der Waals surface area contributed by atoms with E-state index >= 15 is 0 Å². The molecule has 21 heavy (non-hydrogen) atoms. The molecule has 0 amide bonds. The molecule has 0 bridgehead atoms. The minimum absolute atomic E-state index is 0.361. The fraction of sp³-hybridized carbons (Fsp3) is 0.167.